The van der Waals surface area contributed by atoms with Gasteiger partial charge in [-0.1, -0.05) is 60.7 Å². The maximum atomic E-state index is 13.2. The Kier molecular flexibility index (Phi) is 7.80. The topological polar surface area (TPSA) is 41.9 Å². The van der Waals surface area contributed by atoms with Crippen LogP contribution in [0, 0.1) is 0 Å². The van der Waals surface area contributed by atoms with Gasteiger partial charge in [-0.3, -0.25) is 0 Å². The normalized spacial score (nSPS) is 11.8. The van der Waals surface area contributed by atoms with E-state index in [-0.39, 0.29) is 28.6 Å². The molecule has 6 aromatic rings. The summed E-state index contributed by atoms with van der Waals surface area (Å²) in [5, 5.41) is 0. The van der Waals surface area contributed by atoms with Gasteiger partial charge in [0.2, 0.25) is 0 Å². The average Bonchev–Trinajstić information content (AvgIpc) is 3.05. The molecule has 0 spiro atoms. The van der Waals surface area contributed by atoms with E-state index in [1.54, 1.807) is 12.1 Å². The molecule has 0 atom stereocenters. The second-order valence-electron chi connectivity index (χ2n) is 10.0. The molecule has 6 rings (SSSR count). The Labute approximate surface area is 254 Å². The van der Waals surface area contributed by atoms with Gasteiger partial charge in [0.25, 0.3) is 0 Å². The summed E-state index contributed by atoms with van der Waals surface area (Å²) in [6.45, 7) is 0. The van der Waals surface area contributed by atoms with E-state index in [9.17, 15) is 26.3 Å². The van der Waals surface area contributed by atoms with E-state index in [0.717, 1.165) is 41.3 Å². The number of halogens is 6. The van der Waals surface area contributed by atoms with Crippen LogP contribution in [0.25, 0.3) is 34.2 Å². The minimum atomic E-state index is -4.52. The lowest BCUT2D eigenvalue weighted by atomic mass is 10.1. The van der Waals surface area contributed by atoms with Crippen molar-refractivity contribution < 1.29 is 26.3 Å². The number of alkyl halides is 6. The van der Waals surface area contributed by atoms with Crippen LogP contribution >= 0.6 is 0 Å². The van der Waals surface area contributed by atoms with Gasteiger partial charge in [0, 0.05) is 33.8 Å². The third-order valence-electron chi connectivity index (χ3n) is 6.99. The van der Waals surface area contributed by atoms with Crippen LogP contribution in [0.5, 0.6) is 0 Å². The van der Waals surface area contributed by atoms with E-state index in [2.05, 4.69) is 19.9 Å². The molecule has 224 valence electrons. The Balaban J connectivity index is 1.43. The fourth-order valence-electron chi connectivity index (χ4n) is 4.74. The van der Waals surface area contributed by atoms with Crippen LogP contribution in [-0.2, 0) is 12.4 Å². The largest absolute Gasteiger partial charge is 0.416 e. The summed E-state index contributed by atoms with van der Waals surface area (Å²) in [4.78, 5) is 15.6. The Bertz CT molecular complexity index is 1770. The maximum Gasteiger partial charge on any atom is 0.416 e. The van der Waals surface area contributed by atoms with Crippen LogP contribution in [0.2, 0.25) is 0 Å². The molecular formula is C35H22F6N4. The minimum absolute atomic E-state index is 0.0721. The Morgan fingerprint density at radius 1 is 0.356 bits per heavy atom. The van der Waals surface area contributed by atoms with Gasteiger partial charge in [-0.2, -0.15) is 26.3 Å². The van der Waals surface area contributed by atoms with Gasteiger partial charge in [0.1, 0.15) is 0 Å². The lowest BCUT2D eigenvalue weighted by Crippen LogP contribution is -2.09. The number of para-hydroxylation sites is 2. The van der Waals surface area contributed by atoms with E-state index in [4.69, 9.17) is 0 Å². The molecule has 0 aliphatic carbocycles. The van der Waals surface area contributed by atoms with Crippen molar-refractivity contribution in [1.29, 1.82) is 0 Å². The molecule has 1 heterocycles. The highest BCUT2D eigenvalue weighted by atomic mass is 19.4. The van der Waals surface area contributed by atoms with Gasteiger partial charge in [0.05, 0.1) is 11.1 Å². The van der Waals surface area contributed by atoms with Gasteiger partial charge in [-0.05, 0) is 72.8 Å². The molecule has 0 amide bonds. The van der Waals surface area contributed by atoms with Crippen LogP contribution in [0.3, 0.4) is 0 Å². The quantitative estimate of drug-likeness (QED) is 0.176. The van der Waals surface area contributed by atoms with E-state index >= 15 is 0 Å². The standard InChI is InChI=1S/C35H22F6N4/c36-34(37,38)26-17-11-23(12-18-26)31-42-32(24-13-19-27(20-14-24)35(39,40)41)44-33(43-31)25-15-21-30(22-16-25)45(28-7-3-1-4-8-28)29-9-5-2-6-10-29/h1-22H. The zero-order valence-electron chi connectivity index (χ0n) is 23.3. The fourth-order valence-corrected chi connectivity index (χ4v) is 4.74. The number of benzene rings is 5. The predicted octanol–water partition coefficient (Wildman–Crippen LogP) is 10.4. The molecule has 1 aromatic heterocycles. The summed E-state index contributed by atoms with van der Waals surface area (Å²) in [6, 6.07) is 35.6. The van der Waals surface area contributed by atoms with Gasteiger partial charge < -0.3 is 4.90 Å². The van der Waals surface area contributed by atoms with Crippen LogP contribution in [-0.4, -0.2) is 15.0 Å². The summed E-state index contributed by atoms with van der Waals surface area (Å²) in [6.07, 6.45) is -9.05. The summed E-state index contributed by atoms with van der Waals surface area (Å²) in [7, 11) is 0. The number of aromatic nitrogens is 3. The zero-order chi connectivity index (χ0) is 31.6. The average molecular weight is 613 g/mol. The third kappa shape index (κ3) is 6.54. The molecule has 0 fully saturated rings. The van der Waals surface area contributed by atoms with Crippen molar-refractivity contribution in [2.45, 2.75) is 12.4 Å². The summed E-state index contributed by atoms with van der Waals surface area (Å²) in [5.41, 5.74) is 2.20. The SMILES string of the molecule is FC(F)(F)c1ccc(-c2nc(-c3ccc(N(c4ccccc4)c4ccccc4)cc3)nc(-c3ccc(C(F)(F)F)cc3)n2)cc1. The first-order valence-electron chi connectivity index (χ1n) is 13.7. The van der Waals surface area contributed by atoms with Crippen molar-refractivity contribution in [3.05, 3.63) is 145 Å². The first kappa shape index (κ1) is 29.6. The van der Waals surface area contributed by atoms with E-state index in [0.29, 0.717) is 5.56 Å². The molecule has 45 heavy (non-hydrogen) atoms. The van der Waals surface area contributed by atoms with E-state index in [1.165, 1.54) is 24.3 Å². The monoisotopic (exact) mass is 612 g/mol. The lowest BCUT2D eigenvalue weighted by molar-refractivity contribution is -0.138. The first-order valence-corrected chi connectivity index (χ1v) is 13.7. The zero-order valence-corrected chi connectivity index (χ0v) is 23.3. The third-order valence-corrected chi connectivity index (χ3v) is 6.99. The van der Waals surface area contributed by atoms with Crippen molar-refractivity contribution in [3.8, 4) is 34.2 Å². The highest BCUT2D eigenvalue weighted by Gasteiger charge is 2.31. The molecule has 5 aromatic carbocycles. The van der Waals surface area contributed by atoms with Gasteiger partial charge in [-0.15, -0.1) is 0 Å². The van der Waals surface area contributed by atoms with Crippen molar-refractivity contribution >= 4 is 17.1 Å². The number of rotatable bonds is 6. The lowest BCUT2D eigenvalue weighted by Gasteiger charge is -2.25. The van der Waals surface area contributed by atoms with E-state index < -0.39 is 23.5 Å². The van der Waals surface area contributed by atoms with Crippen LogP contribution in [0.1, 0.15) is 11.1 Å². The first-order chi connectivity index (χ1) is 21.6. The number of hydrogen-bond donors (Lipinski definition) is 0. The number of hydrogen-bond acceptors (Lipinski definition) is 4. The molecule has 4 nitrogen and oxygen atoms in total. The van der Waals surface area contributed by atoms with Crippen LogP contribution in [0.4, 0.5) is 43.4 Å². The molecule has 0 saturated carbocycles. The Morgan fingerprint density at radius 2 is 0.644 bits per heavy atom. The van der Waals surface area contributed by atoms with Gasteiger partial charge >= 0.3 is 12.4 Å². The summed E-state index contributed by atoms with van der Waals surface area (Å²) in [5.74, 6) is 0.345. The molecule has 0 aliphatic rings. The maximum absolute atomic E-state index is 13.2. The molecule has 0 bridgehead atoms. The van der Waals surface area contributed by atoms with Crippen LogP contribution < -0.4 is 4.90 Å². The molecule has 0 aliphatic heterocycles. The highest BCUT2D eigenvalue weighted by molar-refractivity contribution is 5.78. The summed E-state index contributed by atoms with van der Waals surface area (Å²) >= 11 is 0. The summed E-state index contributed by atoms with van der Waals surface area (Å²) < 4.78 is 79.1. The van der Waals surface area contributed by atoms with Gasteiger partial charge in [0.15, 0.2) is 17.5 Å². The molecule has 0 N–H and O–H groups in total. The molecular weight excluding hydrogens is 590 g/mol. The number of nitrogens with zero attached hydrogens (tertiary/aromatic N) is 4. The minimum Gasteiger partial charge on any atom is -0.311 e. The van der Waals surface area contributed by atoms with Crippen LogP contribution in [0.15, 0.2) is 133 Å². The molecule has 0 saturated heterocycles. The Morgan fingerprint density at radius 3 is 0.956 bits per heavy atom. The van der Waals surface area contributed by atoms with Crippen molar-refractivity contribution in [2.75, 3.05) is 4.90 Å². The number of anilines is 3. The van der Waals surface area contributed by atoms with Crippen molar-refractivity contribution in [3.63, 3.8) is 0 Å². The van der Waals surface area contributed by atoms with Crippen molar-refractivity contribution in [1.82, 2.24) is 15.0 Å². The Hall–Kier alpha value is -5.51. The second kappa shape index (κ2) is 11.9. The smallest absolute Gasteiger partial charge is 0.311 e. The van der Waals surface area contributed by atoms with Crippen molar-refractivity contribution in [2.24, 2.45) is 0 Å². The molecule has 10 heteroatoms. The predicted molar refractivity (Wildman–Crippen MR) is 161 cm³/mol. The van der Waals surface area contributed by atoms with E-state index in [1.807, 2.05) is 72.8 Å². The second-order valence-corrected chi connectivity index (χ2v) is 10.0. The fraction of sp³-hybridized carbons (Fsp3) is 0.0571. The highest BCUT2D eigenvalue weighted by Crippen LogP contribution is 2.36. The van der Waals surface area contributed by atoms with Gasteiger partial charge in [-0.25, -0.2) is 15.0 Å². The molecule has 0 unspecified atom stereocenters. The molecule has 0 radical (unpaired) electrons.